The van der Waals surface area contributed by atoms with Crippen molar-refractivity contribution in [2.75, 3.05) is 18.4 Å². The van der Waals surface area contributed by atoms with E-state index in [0.717, 1.165) is 12.1 Å². The molecule has 0 saturated carbocycles. The molecule has 31 heavy (non-hydrogen) atoms. The molecule has 0 spiro atoms. The summed E-state index contributed by atoms with van der Waals surface area (Å²) in [5, 5.41) is 6.48. The smallest absolute Gasteiger partial charge is 0.334 e. The maximum atomic E-state index is 13.4. The number of amides is 2. The molecule has 0 bridgehead atoms. The van der Waals surface area contributed by atoms with E-state index in [0.29, 0.717) is 18.8 Å². The Morgan fingerprint density at radius 3 is 2.58 bits per heavy atom. The standard InChI is InChI=1S/C20H17F3N6O2/c1-12-8-24-9-17(26-12)18(30)27-15-6-13(5-14(7-15)20(21,22)23)19(31)28-10-16(11-28)29-4-2-3-25-29/h2-9,16H,10-11H2,1H3,(H,27,30). The van der Waals surface area contributed by atoms with E-state index in [1.165, 1.54) is 23.4 Å². The van der Waals surface area contributed by atoms with Crippen LogP contribution in [0.5, 0.6) is 0 Å². The molecule has 1 aromatic carbocycles. The van der Waals surface area contributed by atoms with Crippen molar-refractivity contribution in [3.05, 3.63) is 71.6 Å². The number of anilines is 1. The number of rotatable bonds is 4. The van der Waals surface area contributed by atoms with Gasteiger partial charge in [0.15, 0.2) is 0 Å². The van der Waals surface area contributed by atoms with Gasteiger partial charge in [-0.3, -0.25) is 19.3 Å². The van der Waals surface area contributed by atoms with Crippen molar-refractivity contribution in [3.8, 4) is 0 Å². The van der Waals surface area contributed by atoms with Gasteiger partial charge in [-0.1, -0.05) is 0 Å². The SMILES string of the molecule is Cc1cncc(C(=O)Nc2cc(C(=O)N3CC(n4cccn4)C3)cc(C(F)(F)F)c2)n1. The molecule has 3 aromatic rings. The minimum absolute atomic E-state index is 0.0242. The quantitative estimate of drug-likeness (QED) is 0.687. The summed E-state index contributed by atoms with van der Waals surface area (Å²) >= 11 is 0. The van der Waals surface area contributed by atoms with Gasteiger partial charge in [0, 0.05) is 42.9 Å². The number of nitrogens with one attached hydrogen (secondary N) is 1. The van der Waals surface area contributed by atoms with Gasteiger partial charge in [0.2, 0.25) is 0 Å². The summed E-state index contributed by atoms with van der Waals surface area (Å²) in [7, 11) is 0. The van der Waals surface area contributed by atoms with Crippen LogP contribution in [0.3, 0.4) is 0 Å². The second kappa shape index (κ2) is 7.82. The van der Waals surface area contributed by atoms with Crippen LogP contribution in [-0.4, -0.2) is 49.6 Å². The highest BCUT2D eigenvalue weighted by atomic mass is 19.4. The first kappa shape index (κ1) is 20.5. The Hall–Kier alpha value is -3.76. The number of alkyl halides is 3. The second-order valence-electron chi connectivity index (χ2n) is 7.15. The highest BCUT2D eigenvalue weighted by molar-refractivity contribution is 6.04. The lowest BCUT2D eigenvalue weighted by Crippen LogP contribution is -2.50. The maximum absolute atomic E-state index is 13.4. The molecule has 0 atom stereocenters. The van der Waals surface area contributed by atoms with E-state index in [2.05, 4.69) is 20.4 Å². The molecular weight excluding hydrogens is 413 g/mol. The fourth-order valence-corrected chi connectivity index (χ4v) is 3.22. The third-order valence-corrected chi connectivity index (χ3v) is 4.80. The van der Waals surface area contributed by atoms with E-state index in [1.807, 2.05) is 0 Å². The van der Waals surface area contributed by atoms with Crippen molar-refractivity contribution in [1.82, 2.24) is 24.6 Å². The summed E-state index contributed by atoms with van der Waals surface area (Å²) in [6.07, 6.45) is 1.34. The van der Waals surface area contributed by atoms with E-state index in [9.17, 15) is 22.8 Å². The molecule has 4 rings (SSSR count). The molecule has 0 aliphatic carbocycles. The van der Waals surface area contributed by atoms with Crippen molar-refractivity contribution in [2.45, 2.75) is 19.1 Å². The normalized spacial score (nSPS) is 14.3. The lowest BCUT2D eigenvalue weighted by Gasteiger charge is -2.39. The summed E-state index contributed by atoms with van der Waals surface area (Å²) in [5.74, 6) is -1.28. The largest absolute Gasteiger partial charge is 0.416 e. The molecule has 0 unspecified atom stereocenters. The second-order valence-corrected chi connectivity index (χ2v) is 7.15. The van der Waals surface area contributed by atoms with Gasteiger partial charge < -0.3 is 10.2 Å². The number of aromatic nitrogens is 4. The van der Waals surface area contributed by atoms with Crippen molar-refractivity contribution in [1.29, 1.82) is 0 Å². The van der Waals surface area contributed by atoms with Crippen LogP contribution in [0.15, 0.2) is 49.1 Å². The van der Waals surface area contributed by atoms with Gasteiger partial charge in [0.25, 0.3) is 11.8 Å². The fourth-order valence-electron chi connectivity index (χ4n) is 3.22. The van der Waals surface area contributed by atoms with Crippen LogP contribution < -0.4 is 5.32 Å². The fraction of sp³-hybridized carbons (Fsp3) is 0.250. The summed E-state index contributed by atoms with van der Waals surface area (Å²) < 4.78 is 41.9. The van der Waals surface area contributed by atoms with Gasteiger partial charge in [-0.2, -0.15) is 18.3 Å². The minimum atomic E-state index is -4.69. The van der Waals surface area contributed by atoms with Gasteiger partial charge >= 0.3 is 6.18 Å². The van der Waals surface area contributed by atoms with Gasteiger partial charge in [-0.15, -0.1) is 0 Å². The topological polar surface area (TPSA) is 93.0 Å². The van der Waals surface area contributed by atoms with E-state index < -0.39 is 23.6 Å². The molecule has 2 amide bonds. The summed E-state index contributed by atoms with van der Waals surface area (Å²) in [5.41, 5.74) is -0.921. The highest BCUT2D eigenvalue weighted by Crippen LogP contribution is 2.33. The molecule has 1 aliphatic rings. The zero-order valence-electron chi connectivity index (χ0n) is 16.3. The molecule has 11 heteroatoms. The lowest BCUT2D eigenvalue weighted by atomic mass is 10.0. The molecule has 2 aromatic heterocycles. The van der Waals surface area contributed by atoms with Crippen LogP contribution in [0.2, 0.25) is 0 Å². The lowest BCUT2D eigenvalue weighted by molar-refractivity contribution is -0.137. The van der Waals surface area contributed by atoms with Crippen LogP contribution in [0.25, 0.3) is 0 Å². The van der Waals surface area contributed by atoms with Crippen molar-refractivity contribution in [3.63, 3.8) is 0 Å². The first-order chi connectivity index (χ1) is 14.7. The maximum Gasteiger partial charge on any atom is 0.416 e. The van der Waals surface area contributed by atoms with E-state index in [1.54, 1.807) is 30.1 Å². The van der Waals surface area contributed by atoms with Gasteiger partial charge in [0.1, 0.15) is 5.69 Å². The Bertz CT molecular complexity index is 1120. The minimum Gasteiger partial charge on any atom is -0.334 e. The third-order valence-electron chi connectivity index (χ3n) is 4.80. The molecule has 3 heterocycles. The van der Waals surface area contributed by atoms with Crippen LogP contribution >= 0.6 is 0 Å². The molecule has 1 aliphatic heterocycles. The highest BCUT2D eigenvalue weighted by Gasteiger charge is 2.35. The van der Waals surface area contributed by atoms with Crippen LogP contribution in [0.1, 0.15) is 38.1 Å². The Morgan fingerprint density at radius 2 is 1.94 bits per heavy atom. The van der Waals surface area contributed by atoms with Crippen molar-refractivity contribution < 1.29 is 22.8 Å². The monoisotopic (exact) mass is 430 g/mol. The van der Waals surface area contributed by atoms with Crippen molar-refractivity contribution in [2.24, 2.45) is 0 Å². The molecule has 0 radical (unpaired) electrons. The Labute approximate surface area is 174 Å². The van der Waals surface area contributed by atoms with Crippen molar-refractivity contribution >= 4 is 17.5 Å². The average molecular weight is 430 g/mol. The molecule has 1 N–H and O–H groups in total. The van der Waals surface area contributed by atoms with Crippen LogP contribution in [0.4, 0.5) is 18.9 Å². The number of benzene rings is 1. The van der Waals surface area contributed by atoms with Gasteiger partial charge in [0.05, 0.1) is 23.5 Å². The zero-order chi connectivity index (χ0) is 22.2. The molecule has 160 valence electrons. The summed E-state index contributed by atoms with van der Waals surface area (Å²) in [6.45, 7) is 2.29. The number of aryl methyl sites for hydroxylation is 1. The Kier molecular flexibility index (Phi) is 5.17. The van der Waals surface area contributed by atoms with E-state index in [-0.39, 0.29) is 23.0 Å². The summed E-state index contributed by atoms with van der Waals surface area (Å²) in [4.78, 5) is 34.4. The Morgan fingerprint density at radius 1 is 1.16 bits per heavy atom. The number of hydrogen-bond acceptors (Lipinski definition) is 5. The Balaban J connectivity index is 1.56. The number of carbonyl (C=O) groups is 2. The predicted molar refractivity (Wildman–Crippen MR) is 103 cm³/mol. The van der Waals surface area contributed by atoms with Gasteiger partial charge in [-0.05, 0) is 31.2 Å². The van der Waals surface area contributed by atoms with E-state index >= 15 is 0 Å². The number of carbonyl (C=O) groups excluding carboxylic acids is 2. The molecule has 8 nitrogen and oxygen atoms in total. The zero-order valence-corrected chi connectivity index (χ0v) is 16.3. The molecular formula is C20H17F3N6O2. The van der Waals surface area contributed by atoms with Crippen LogP contribution in [-0.2, 0) is 6.18 Å². The first-order valence-corrected chi connectivity index (χ1v) is 9.31. The van der Waals surface area contributed by atoms with Gasteiger partial charge in [-0.25, -0.2) is 4.98 Å². The first-order valence-electron chi connectivity index (χ1n) is 9.31. The number of hydrogen-bond donors (Lipinski definition) is 1. The predicted octanol–water partition coefficient (Wildman–Crippen LogP) is 2.95. The number of nitrogens with zero attached hydrogens (tertiary/aromatic N) is 5. The van der Waals surface area contributed by atoms with Crippen LogP contribution in [0, 0.1) is 6.92 Å². The molecule has 1 fully saturated rings. The third kappa shape index (κ3) is 4.39. The van der Waals surface area contributed by atoms with E-state index in [4.69, 9.17) is 0 Å². The number of halogens is 3. The number of likely N-dealkylation sites (tertiary alicyclic amines) is 1. The average Bonchev–Trinajstić information content (AvgIpc) is 3.20. The molecule has 1 saturated heterocycles. The summed E-state index contributed by atoms with van der Waals surface area (Å²) in [6, 6.07) is 4.51.